The Morgan fingerprint density at radius 2 is 1.33 bits per heavy atom. The van der Waals surface area contributed by atoms with Crippen LogP contribution < -0.4 is 14.5 Å². The van der Waals surface area contributed by atoms with Crippen LogP contribution in [0.5, 0.6) is 5.75 Å². The van der Waals surface area contributed by atoms with E-state index in [2.05, 4.69) is 22.0 Å². The van der Waals surface area contributed by atoms with Gasteiger partial charge >= 0.3 is 0 Å². The molecule has 4 aromatic carbocycles. The second kappa shape index (κ2) is 11.8. The molecule has 0 unspecified atom stereocenters. The number of nitrogens with zero attached hydrogens (tertiary/aromatic N) is 2. The fourth-order valence-electron chi connectivity index (χ4n) is 4.45. The smallest absolute Gasteiger partial charge is 0.270 e. The largest absolute Gasteiger partial charge is 0.494 e. The molecule has 0 aromatic heterocycles. The zero-order valence-electron chi connectivity index (χ0n) is 21.2. The Kier molecular flexibility index (Phi) is 8.00. The molecule has 0 aliphatic carbocycles. The van der Waals surface area contributed by atoms with Crippen molar-refractivity contribution < 1.29 is 14.3 Å². The summed E-state index contributed by atoms with van der Waals surface area (Å²) in [5, 5.41) is 0.110. The fraction of sp³-hybridized carbons (Fsp3) is 0.0938. The van der Waals surface area contributed by atoms with Gasteiger partial charge in [0.1, 0.15) is 11.3 Å². The van der Waals surface area contributed by atoms with E-state index in [1.807, 2.05) is 79.7 Å². The van der Waals surface area contributed by atoms with Gasteiger partial charge < -0.3 is 4.74 Å². The molecule has 1 saturated heterocycles. The van der Waals surface area contributed by atoms with E-state index in [1.54, 1.807) is 30.3 Å². The van der Waals surface area contributed by atoms with Gasteiger partial charge in [0.25, 0.3) is 11.8 Å². The van der Waals surface area contributed by atoms with Gasteiger partial charge in [-0.1, -0.05) is 82.7 Å². The molecule has 1 fully saturated rings. The summed E-state index contributed by atoms with van der Waals surface area (Å²) in [7, 11) is 0. The number of ether oxygens (including phenoxy) is 1. The van der Waals surface area contributed by atoms with E-state index in [4.69, 9.17) is 17.0 Å². The van der Waals surface area contributed by atoms with Crippen LogP contribution in [0.4, 0.5) is 11.4 Å². The number of halogens is 1. The minimum atomic E-state index is -0.473. The van der Waals surface area contributed by atoms with Gasteiger partial charge in [0.15, 0.2) is 5.11 Å². The number of carbonyl (C=O) groups is 2. The molecule has 2 amide bonds. The lowest BCUT2D eigenvalue weighted by atomic mass is 10.00. The van der Waals surface area contributed by atoms with Gasteiger partial charge in [-0.2, -0.15) is 0 Å². The number of carbonyl (C=O) groups excluding carboxylic acids is 2. The first-order valence-electron chi connectivity index (χ1n) is 12.5. The predicted molar refractivity (Wildman–Crippen MR) is 163 cm³/mol. The molecule has 1 heterocycles. The average molecular weight is 598 g/mol. The molecule has 0 bridgehead atoms. The zero-order chi connectivity index (χ0) is 27.4. The number of benzene rings is 4. The Balaban J connectivity index is 1.57. The number of thiocarbonyl (C=S) groups is 1. The quantitative estimate of drug-likeness (QED) is 0.129. The third-order valence-electron chi connectivity index (χ3n) is 6.32. The van der Waals surface area contributed by atoms with Crippen molar-refractivity contribution in [2.45, 2.75) is 13.3 Å². The SMILES string of the molecule is CCOc1cc(C=C2C(=O)N(c3ccccc3)C(=S)N(c3ccccc3)C2=O)ccc1Cc1ccccc1Br. The third-order valence-corrected chi connectivity index (χ3v) is 7.46. The van der Waals surface area contributed by atoms with E-state index in [0.29, 0.717) is 35.7 Å². The highest BCUT2D eigenvalue weighted by molar-refractivity contribution is 9.10. The van der Waals surface area contributed by atoms with Crippen molar-refractivity contribution in [3.63, 3.8) is 0 Å². The highest BCUT2D eigenvalue weighted by Crippen LogP contribution is 2.31. The van der Waals surface area contributed by atoms with E-state index >= 15 is 0 Å². The van der Waals surface area contributed by atoms with Crippen LogP contribution in [0.3, 0.4) is 0 Å². The van der Waals surface area contributed by atoms with Crippen LogP contribution >= 0.6 is 28.1 Å². The fourth-order valence-corrected chi connectivity index (χ4v) is 5.25. The standard InChI is InChI=1S/C32H25BrN2O3S/c1-2-38-29-20-22(17-18-24(29)21-23-11-9-10-16-28(23)33)19-27-30(36)34(25-12-5-3-6-13-25)32(39)35(31(27)37)26-14-7-4-8-15-26/h3-20H,2,21H2,1H3. The Labute approximate surface area is 241 Å². The molecule has 0 N–H and O–H groups in total. The molecule has 194 valence electrons. The number of rotatable bonds is 7. The summed E-state index contributed by atoms with van der Waals surface area (Å²) in [4.78, 5) is 30.3. The van der Waals surface area contributed by atoms with Crippen LogP contribution in [0.15, 0.2) is 113 Å². The molecule has 0 saturated carbocycles. The lowest BCUT2D eigenvalue weighted by Gasteiger charge is -2.36. The van der Waals surface area contributed by atoms with Crippen LogP contribution in [0, 0.1) is 0 Å². The van der Waals surface area contributed by atoms with E-state index < -0.39 is 11.8 Å². The summed E-state index contributed by atoms with van der Waals surface area (Å²) < 4.78 is 7.00. The second-order valence-corrected chi connectivity index (χ2v) is 10.1. The van der Waals surface area contributed by atoms with E-state index in [0.717, 1.165) is 15.6 Å². The van der Waals surface area contributed by atoms with Crippen LogP contribution in [0.2, 0.25) is 0 Å². The zero-order valence-corrected chi connectivity index (χ0v) is 23.6. The van der Waals surface area contributed by atoms with Gasteiger partial charge in [0.05, 0.1) is 18.0 Å². The van der Waals surface area contributed by atoms with Crippen LogP contribution in [0.1, 0.15) is 23.6 Å². The summed E-state index contributed by atoms with van der Waals surface area (Å²) in [5.41, 5.74) is 4.01. The summed E-state index contributed by atoms with van der Waals surface area (Å²) in [6.45, 7) is 2.41. The normalized spacial score (nSPS) is 13.6. The Hall–Kier alpha value is -4.07. The number of anilines is 2. The molecule has 1 aliphatic heterocycles. The Morgan fingerprint density at radius 3 is 1.90 bits per heavy atom. The van der Waals surface area contributed by atoms with Crippen LogP contribution in [0.25, 0.3) is 6.08 Å². The Morgan fingerprint density at radius 1 is 0.769 bits per heavy atom. The summed E-state index contributed by atoms with van der Waals surface area (Å²) in [5.74, 6) is -0.245. The minimum Gasteiger partial charge on any atom is -0.494 e. The maximum absolute atomic E-state index is 13.8. The van der Waals surface area contributed by atoms with Crippen molar-refractivity contribution >= 4 is 62.5 Å². The van der Waals surface area contributed by atoms with Gasteiger partial charge in [0.2, 0.25) is 0 Å². The first-order chi connectivity index (χ1) is 19.0. The lowest BCUT2D eigenvalue weighted by molar-refractivity contribution is -0.120. The number of amides is 2. The summed E-state index contributed by atoms with van der Waals surface area (Å²) >= 11 is 9.31. The number of hydrogen-bond donors (Lipinski definition) is 0. The molecule has 4 aromatic rings. The molecule has 5 nitrogen and oxygen atoms in total. The summed E-state index contributed by atoms with van der Waals surface area (Å²) in [6, 6.07) is 32.0. The van der Waals surface area contributed by atoms with Crippen molar-refractivity contribution in [2.75, 3.05) is 16.4 Å². The van der Waals surface area contributed by atoms with Crippen LogP contribution in [-0.4, -0.2) is 23.5 Å². The molecule has 0 atom stereocenters. The number of para-hydroxylation sites is 2. The van der Waals surface area contributed by atoms with Crippen molar-refractivity contribution in [3.8, 4) is 5.75 Å². The lowest BCUT2D eigenvalue weighted by Crippen LogP contribution is -2.56. The van der Waals surface area contributed by atoms with E-state index in [1.165, 1.54) is 9.80 Å². The van der Waals surface area contributed by atoms with Crippen molar-refractivity contribution in [2.24, 2.45) is 0 Å². The van der Waals surface area contributed by atoms with Crippen molar-refractivity contribution in [1.29, 1.82) is 0 Å². The molecule has 5 rings (SSSR count). The van der Waals surface area contributed by atoms with Crippen molar-refractivity contribution in [1.82, 2.24) is 0 Å². The maximum Gasteiger partial charge on any atom is 0.270 e. The van der Waals surface area contributed by atoms with Crippen molar-refractivity contribution in [3.05, 3.63) is 130 Å². The molecule has 7 heteroatoms. The van der Waals surface area contributed by atoms with Gasteiger partial charge in [-0.3, -0.25) is 19.4 Å². The van der Waals surface area contributed by atoms with Gasteiger partial charge in [0, 0.05) is 10.9 Å². The summed E-state index contributed by atoms with van der Waals surface area (Å²) in [6.07, 6.45) is 2.28. The van der Waals surface area contributed by atoms with Crippen LogP contribution in [-0.2, 0) is 16.0 Å². The molecule has 0 radical (unpaired) electrons. The molecular weight excluding hydrogens is 572 g/mol. The third kappa shape index (κ3) is 5.55. The highest BCUT2D eigenvalue weighted by Gasteiger charge is 2.41. The van der Waals surface area contributed by atoms with E-state index in [9.17, 15) is 9.59 Å². The van der Waals surface area contributed by atoms with E-state index in [-0.39, 0.29) is 10.7 Å². The number of hydrogen-bond acceptors (Lipinski definition) is 4. The van der Waals surface area contributed by atoms with Gasteiger partial charge in [-0.15, -0.1) is 0 Å². The molecule has 39 heavy (non-hydrogen) atoms. The first kappa shape index (κ1) is 26.5. The first-order valence-corrected chi connectivity index (χ1v) is 13.7. The Bertz CT molecular complexity index is 1510. The maximum atomic E-state index is 13.8. The minimum absolute atomic E-state index is 0.0114. The monoisotopic (exact) mass is 596 g/mol. The molecule has 1 aliphatic rings. The molecular formula is C32H25BrN2O3S. The average Bonchev–Trinajstić information content (AvgIpc) is 2.95. The van der Waals surface area contributed by atoms with Gasteiger partial charge in [-0.25, -0.2) is 0 Å². The predicted octanol–water partition coefficient (Wildman–Crippen LogP) is 7.19. The topological polar surface area (TPSA) is 49.9 Å². The highest BCUT2D eigenvalue weighted by atomic mass is 79.9. The molecule has 0 spiro atoms. The van der Waals surface area contributed by atoms with Gasteiger partial charge in [-0.05, 0) is 78.3 Å². The second-order valence-electron chi connectivity index (χ2n) is 8.86.